The third kappa shape index (κ3) is 6.86. The molecule has 0 spiro atoms. The number of ether oxygens (including phenoxy) is 1. The number of carbonyl (C=O) groups excluding carboxylic acids is 3. The summed E-state index contributed by atoms with van der Waals surface area (Å²) in [7, 11) is 0. The van der Waals surface area contributed by atoms with Gasteiger partial charge < -0.3 is 10.1 Å². The van der Waals surface area contributed by atoms with Gasteiger partial charge >= 0.3 is 5.97 Å². The monoisotopic (exact) mass is 393 g/mol. The first-order chi connectivity index (χ1) is 12.4. The minimum Gasteiger partial charge on any atom is -0.456 e. The summed E-state index contributed by atoms with van der Waals surface area (Å²) in [4.78, 5) is 35.3. The lowest BCUT2D eigenvalue weighted by Gasteiger charge is -2.07. The smallest absolute Gasteiger partial charge is 0.306 e. The molecule has 2 rings (SSSR count). The van der Waals surface area contributed by atoms with Crippen molar-refractivity contribution in [3.8, 4) is 0 Å². The summed E-state index contributed by atoms with van der Waals surface area (Å²) in [6, 6.07) is 13.5. The van der Waals surface area contributed by atoms with Crippen LogP contribution in [0.2, 0.25) is 10.0 Å². The Balaban J connectivity index is 1.67. The van der Waals surface area contributed by atoms with E-state index in [1.807, 2.05) is 6.07 Å². The SMILES string of the molecule is O=C(COC(=O)CCC(=O)c1ccc(Cl)cc1)NCc1cccc(Cl)c1. The highest BCUT2D eigenvalue weighted by molar-refractivity contribution is 6.30. The molecule has 0 heterocycles. The number of amides is 1. The van der Waals surface area contributed by atoms with Crippen LogP contribution in [0.15, 0.2) is 48.5 Å². The number of benzene rings is 2. The summed E-state index contributed by atoms with van der Waals surface area (Å²) in [6.07, 6.45) is -0.0897. The van der Waals surface area contributed by atoms with Gasteiger partial charge in [-0.15, -0.1) is 0 Å². The molecule has 0 aliphatic rings. The first-order valence-electron chi connectivity index (χ1n) is 7.89. The van der Waals surface area contributed by atoms with Crippen LogP contribution >= 0.6 is 23.2 Å². The molecule has 0 bridgehead atoms. The van der Waals surface area contributed by atoms with E-state index in [9.17, 15) is 14.4 Å². The molecule has 2 aromatic rings. The van der Waals surface area contributed by atoms with E-state index in [1.54, 1.807) is 42.5 Å². The van der Waals surface area contributed by atoms with Gasteiger partial charge in [0.2, 0.25) is 0 Å². The Bertz CT molecular complexity index is 790. The van der Waals surface area contributed by atoms with E-state index >= 15 is 0 Å². The predicted octanol–water partition coefficient (Wildman–Crippen LogP) is 3.82. The number of ketones is 1. The average molecular weight is 394 g/mol. The number of carbonyl (C=O) groups is 3. The van der Waals surface area contributed by atoms with E-state index in [0.717, 1.165) is 5.56 Å². The normalized spacial score (nSPS) is 10.2. The van der Waals surface area contributed by atoms with Crippen LogP contribution < -0.4 is 5.32 Å². The second-order valence-electron chi connectivity index (χ2n) is 5.50. The van der Waals surface area contributed by atoms with Crippen molar-refractivity contribution in [2.75, 3.05) is 6.61 Å². The van der Waals surface area contributed by atoms with Gasteiger partial charge in [-0.3, -0.25) is 14.4 Å². The van der Waals surface area contributed by atoms with Gasteiger partial charge in [-0.05, 0) is 42.0 Å². The number of rotatable bonds is 8. The van der Waals surface area contributed by atoms with E-state index in [-0.39, 0.29) is 25.2 Å². The molecule has 0 saturated carbocycles. The molecule has 5 nitrogen and oxygen atoms in total. The van der Waals surface area contributed by atoms with Gasteiger partial charge in [-0.2, -0.15) is 0 Å². The summed E-state index contributed by atoms with van der Waals surface area (Å²) in [5, 5.41) is 3.73. The van der Waals surface area contributed by atoms with Crippen LogP contribution in [0.25, 0.3) is 0 Å². The minimum absolute atomic E-state index is 0.00456. The van der Waals surface area contributed by atoms with Crippen molar-refractivity contribution in [1.29, 1.82) is 0 Å². The molecule has 1 N–H and O–H groups in total. The number of Topliss-reactive ketones (excluding diaryl/α,β-unsaturated/α-hetero) is 1. The highest BCUT2D eigenvalue weighted by Crippen LogP contribution is 2.12. The molecule has 7 heteroatoms. The van der Waals surface area contributed by atoms with Crippen LogP contribution in [0.5, 0.6) is 0 Å². The van der Waals surface area contributed by atoms with E-state index in [4.69, 9.17) is 27.9 Å². The van der Waals surface area contributed by atoms with Crippen molar-refractivity contribution in [3.63, 3.8) is 0 Å². The van der Waals surface area contributed by atoms with Crippen molar-refractivity contribution in [2.45, 2.75) is 19.4 Å². The number of halogens is 2. The van der Waals surface area contributed by atoms with Gasteiger partial charge in [0.1, 0.15) is 0 Å². The van der Waals surface area contributed by atoms with Crippen molar-refractivity contribution in [3.05, 3.63) is 69.7 Å². The molecule has 0 fully saturated rings. The average Bonchev–Trinajstić information content (AvgIpc) is 2.63. The number of hydrogen-bond acceptors (Lipinski definition) is 4. The lowest BCUT2D eigenvalue weighted by Crippen LogP contribution is -2.28. The van der Waals surface area contributed by atoms with E-state index < -0.39 is 18.5 Å². The second kappa shape index (κ2) is 9.94. The summed E-state index contributed by atoms with van der Waals surface area (Å²) in [6.45, 7) is -0.111. The van der Waals surface area contributed by atoms with Gasteiger partial charge in [-0.1, -0.05) is 35.3 Å². The molecular weight excluding hydrogens is 377 g/mol. The van der Waals surface area contributed by atoms with Gasteiger partial charge in [0.25, 0.3) is 5.91 Å². The molecule has 0 atom stereocenters. The number of esters is 1. The molecule has 2 aromatic carbocycles. The Morgan fingerprint density at radius 2 is 1.65 bits per heavy atom. The summed E-state index contributed by atoms with van der Waals surface area (Å²) in [5.74, 6) is -1.23. The van der Waals surface area contributed by atoms with Crippen LogP contribution in [0.1, 0.15) is 28.8 Å². The molecule has 0 aromatic heterocycles. The largest absolute Gasteiger partial charge is 0.456 e. The van der Waals surface area contributed by atoms with Crippen LogP contribution in [-0.4, -0.2) is 24.3 Å². The van der Waals surface area contributed by atoms with Crippen molar-refractivity contribution < 1.29 is 19.1 Å². The fourth-order valence-electron chi connectivity index (χ4n) is 2.11. The highest BCUT2D eigenvalue weighted by Gasteiger charge is 2.12. The zero-order valence-corrected chi connectivity index (χ0v) is 15.3. The van der Waals surface area contributed by atoms with Gasteiger partial charge in [0.05, 0.1) is 6.42 Å². The van der Waals surface area contributed by atoms with Crippen LogP contribution in [0.4, 0.5) is 0 Å². The lowest BCUT2D eigenvalue weighted by atomic mass is 10.1. The van der Waals surface area contributed by atoms with Crippen LogP contribution in [0.3, 0.4) is 0 Å². The zero-order valence-electron chi connectivity index (χ0n) is 13.8. The van der Waals surface area contributed by atoms with Crippen LogP contribution in [-0.2, 0) is 20.9 Å². The number of hydrogen-bond donors (Lipinski definition) is 1. The molecule has 0 radical (unpaired) electrons. The summed E-state index contributed by atoms with van der Waals surface area (Å²) < 4.78 is 4.87. The zero-order chi connectivity index (χ0) is 18.9. The number of nitrogens with one attached hydrogen (secondary N) is 1. The Labute approximate surface area is 161 Å². The molecular formula is C19H17Cl2NO4. The molecule has 1 amide bonds. The lowest BCUT2D eigenvalue weighted by molar-refractivity contribution is -0.148. The van der Waals surface area contributed by atoms with E-state index in [1.165, 1.54) is 0 Å². The molecule has 0 aliphatic heterocycles. The molecule has 0 saturated heterocycles. The van der Waals surface area contributed by atoms with Gasteiger partial charge in [-0.25, -0.2) is 0 Å². The first kappa shape index (κ1) is 19.9. The molecule has 0 aliphatic carbocycles. The maximum absolute atomic E-state index is 11.9. The highest BCUT2D eigenvalue weighted by atomic mass is 35.5. The predicted molar refractivity (Wildman–Crippen MR) is 99.3 cm³/mol. The van der Waals surface area contributed by atoms with Gasteiger partial charge in [0.15, 0.2) is 12.4 Å². The maximum Gasteiger partial charge on any atom is 0.306 e. The fraction of sp³-hybridized carbons (Fsp3) is 0.211. The topological polar surface area (TPSA) is 72.5 Å². The third-order valence-corrected chi connectivity index (χ3v) is 3.95. The third-order valence-electron chi connectivity index (χ3n) is 3.47. The van der Waals surface area contributed by atoms with Crippen molar-refractivity contribution in [2.24, 2.45) is 0 Å². The second-order valence-corrected chi connectivity index (χ2v) is 6.37. The summed E-state index contributed by atoms with van der Waals surface area (Å²) >= 11 is 11.6. The standard InChI is InChI=1S/C19H17Cl2NO4/c20-15-6-4-14(5-7-15)17(23)8-9-19(25)26-12-18(24)22-11-13-2-1-3-16(21)10-13/h1-7,10H,8-9,11-12H2,(H,22,24). The first-order valence-corrected chi connectivity index (χ1v) is 8.65. The molecule has 26 heavy (non-hydrogen) atoms. The maximum atomic E-state index is 11.9. The van der Waals surface area contributed by atoms with Crippen molar-refractivity contribution >= 4 is 40.9 Å². The van der Waals surface area contributed by atoms with Crippen molar-refractivity contribution in [1.82, 2.24) is 5.32 Å². The molecule has 0 unspecified atom stereocenters. The minimum atomic E-state index is -0.606. The Morgan fingerprint density at radius 3 is 2.35 bits per heavy atom. The van der Waals surface area contributed by atoms with E-state index in [2.05, 4.69) is 5.32 Å². The summed E-state index contributed by atoms with van der Waals surface area (Å²) in [5.41, 5.74) is 1.31. The Hall–Kier alpha value is -2.37. The fourth-order valence-corrected chi connectivity index (χ4v) is 2.45. The Morgan fingerprint density at radius 1 is 0.923 bits per heavy atom. The van der Waals surface area contributed by atoms with E-state index in [0.29, 0.717) is 15.6 Å². The van der Waals surface area contributed by atoms with Gasteiger partial charge in [0, 0.05) is 28.6 Å². The van der Waals surface area contributed by atoms with Crippen LogP contribution in [0, 0.1) is 0 Å². The quantitative estimate of drug-likeness (QED) is 0.546. The molecule has 136 valence electrons. The Kier molecular flexibility index (Phi) is 7.63.